The highest BCUT2D eigenvalue weighted by Gasteiger charge is 2.10. The maximum atomic E-state index is 5.85. The zero-order chi connectivity index (χ0) is 15.4. The highest BCUT2D eigenvalue weighted by atomic mass is 79.9. The van der Waals surface area contributed by atoms with Crippen molar-refractivity contribution >= 4 is 33.4 Å². The molecule has 0 saturated heterocycles. The molecule has 2 aromatic rings. The Morgan fingerprint density at radius 3 is 2.43 bits per heavy atom. The molecule has 0 atom stereocenters. The van der Waals surface area contributed by atoms with Crippen molar-refractivity contribution < 1.29 is 9.47 Å². The molecule has 0 aliphatic rings. The summed E-state index contributed by atoms with van der Waals surface area (Å²) < 4.78 is 11.7. The van der Waals surface area contributed by atoms with Crippen LogP contribution in [-0.2, 0) is 5.75 Å². The molecule has 0 bridgehead atoms. The van der Waals surface area contributed by atoms with Crippen LogP contribution in [0.3, 0.4) is 0 Å². The summed E-state index contributed by atoms with van der Waals surface area (Å²) in [6.07, 6.45) is 0. The second-order valence-corrected chi connectivity index (χ2v) is 6.51. The quantitative estimate of drug-likeness (QED) is 0.616. The van der Waals surface area contributed by atoms with Crippen molar-refractivity contribution in [1.29, 1.82) is 0 Å². The van der Waals surface area contributed by atoms with Crippen molar-refractivity contribution in [2.45, 2.75) is 17.6 Å². The predicted octanol–water partition coefficient (Wildman–Crippen LogP) is 4.65. The molecule has 0 aliphatic heterocycles. The van der Waals surface area contributed by atoms with Crippen molar-refractivity contribution in [3.05, 3.63) is 45.9 Å². The second-order valence-electron chi connectivity index (χ2n) is 4.61. The number of benzene rings is 2. The van der Waals surface area contributed by atoms with Crippen LogP contribution in [0.5, 0.6) is 11.5 Å². The molecular weight excluding hydrogens is 350 g/mol. The maximum absolute atomic E-state index is 5.85. The van der Waals surface area contributed by atoms with E-state index in [1.807, 2.05) is 31.2 Å². The Morgan fingerprint density at radius 2 is 1.81 bits per heavy atom. The number of rotatable bonds is 5. The number of ether oxygens (including phenoxy) is 2. The highest BCUT2D eigenvalue weighted by Crippen LogP contribution is 2.36. The lowest BCUT2D eigenvalue weighted by Crippen LogP contribution is -1.94. The Hall–Kier alpha value is -1.33. The molecule has 0 fully saturated rings. The number of hydrogen-bond donors (Lipinski definition) is 1. The molecule has 21 heavy (non-hydrogen) atoms. The fourth-order valence-corrected chi connectivity index (χ4v) is 3.39. The van der Waals surface area contributed by atoms with E-state index in [9.17, 15) is 0 Å². The van der Waals surface area contributed by atoms with Gasteiger partial charge in [0.1, 0.15) is 11.5 Å². The fourth-order valence-electron chi connectivity index (χ4n) is 1.94. The third-order valence-corrected chi connectivity index (χ3v) is 4.85. The Kier molecular flexibility index (Phi) is 5.42. The van der Waals surface area contributed by atoms with Crippen molar-refractivity contribution in [1.82, 2.24) is 0 Å². The van der Waals surface area contributed by atoms with Crippen LogP contribution < -0.4 is 15.2 Å². The molecule has 2 rings (SSSR count). The fraction of sp³-hybridized carbons (Fsp3) is 0.250. The standard InChI is InChI=1S/C16H18BrNO2S/c1-10-6-12(4-5-14(10)18)21-9-11-7-16(20-3)13(17)8-15(11)19-2/h4-8H,9,18H2,1-3H3. The molecular formula is C16H18BrNO2S. The number of halogens is 1. The monoisotopic (exact) mass is 367 g/mol. The molecule has 0 unspecified atom stereocenters. The van der Waals surface area contributed by atoms with Crippen molar-refractivity contribution in [3.63, 3.8) is 0 Å². The van der Waals surface area contributed by atoms with E-state index in [1.54, 1.807) is 26.0 Å². The number of hydrogen-bond acceptors (Lipinski definition) is 4. The summed E-state index contributed by atoms with van der Waals surface area (Å²) >= 11 is 5.21. The molecule has 2 N–H and O–H groups in total. The van der Waals surface area contributed by atoms with Crippen molar-refractivity contribution in [2.75, 3.05) is 20.0 Å². The van der Waals surface area contributed by atoms with Gasteiger partial charge in [-0.3, -0.25) is 0 Å². The van der Waals surface area contributed by atoms with Gasteiger partial charge in [-0.1, -0.05) is 0 Å². The van der Waals surface area contributed by atoms with Gasteiger partial charge in [-0.2, -0.15) is 0 Å². The SMILES string of the molecule is COc1cc(CSc2ccc(N)c(C)c2)c(OC)cc1Br. The van der Waals surface area contributed by atoms with Crippen LogP contribution in [0.2, 0.25) is 0 Å². The lowest BCUT2D eigenvalue weighted by atomic mass is 10.2. The molecule has 3 nitrogen and oxygen atoms in total. The average Bonchev–Trinajstić information content (AvgIpc) is 2.48. The number of thioether (sulfide) groups is 1. The van der Waals surface area contributed by atoms with Gasteiger partial charge in [0, 0.05) is 21.9 Å². The van der Waals surface area contributed by atoms with Gasteiger partial charge in [-0.15, -0.1) is 11.8 Å². The first-order valence-electron chi connectivity index (χ1n) is 6.44. The molecule has 112 valence electrons. The van der Waals surface area contributed by atoms with Gasteiger partial charge < -0.3 is 15.2 Å². The minimum Gasteiger partial charge on any atom is -0.496 e. The molecule has 0 aromatic heterocycles. The van der Waals surface area contributed by atoms with Gasteiger partial charge in [0.05, 0.1) is 18.7 Å². The average molecular weight is 368 g/mol. The number of aryl methyl sites for hydroxylation is 1. The predicted molar refractivity (Wildman–Crippen MR) is 92.4 cm³/mol. The van der Waals surface area contributed by atoms with Crippen molar-refractivity contribution in [2.24, 2.45) is 0 Å². The third kappa shape index (κ3) is 3.86. The molecule has 0 saturated carbocycles. The van der Waals surface area contributed by atoms with Crippen LogP contribution in [0.4, 0.5) is 5.69 Å². The number of nitrogen functional groups attached to an aromatic ring is 1. The van der Waals surface area contributed by atoms with Gasteiger partial charge in [-0.05, 0) is 58.7 Å². The van der Waals surface area contributed by atoms with Gasteiger partial charge >= 0.3 is 0 Å². The Balaban J connectivity index is 2.20. The van der Waals surface area contributed by atoms with E-state index in [0.717, 1.165) is 38.5 Å². The molecule has 0 radical (unpaired) electrons. The molecule has 2 aromatic carbocycles. The van der Waals surface area contributed by atoms with E-state index in [2.05, 4.69) is 22.0 Å². The zero-order valence-electron chi connectivity index (χ0n) is 12.3. The number of methoxy groups -OCH3 is 2. The minimum atomic E-state index is 0.802. The van der Waals surface area contributed by atoms with E-state index in [1.165, 1.54) is 4.90 Å². The first-order valence-corrected chi connectivity index (χ1v) is 8.22. The molecule has 0 amide bonds. The largest absolute Gasteiger partial charge is 0.496 e. The van der Waals surface area contributed by atoms with E-state index in [-0.39, 0.29) is 0 Å². The van der Waals surface area contributed by atoms with Gasteiger partial charge in [0.2, 0.25) is 0 Å². The minimum absolute atomic E-state index is 0.802. The van der Waals surface area contributed by atoms with Crippen molar-refractivity contribution in [3.8, 4) is 11.5 Å². The summed E-state index contributed by atoms with van der Waals surface area (Å²) in [5, 5.41) is 0. The van der Waals surface area contributed by atoms with Crippen LogP contribution in [-0.4, -0.2) is 14.2 Å². The number of nitrogens with two attached hydrogens (primary N) is 1. The summed E-state index contributed by atoms with van der Waals surface area (Å²) in [5.74, 6) is 2.46. The number of anilines is 1. The van der Waals surface area contributed by atoms with Crippen LogP contribution >= 0.6 is 27.7 Å². The molecule has 5 heteroatoms. The van der Waals surface area contributed by atoms with Gasteiger partial charge in [0.25, 0.3) is 0 Å². The summed E-state index contributed by atoms with van der Waals surface area (Å²) in [7, 11) is 3.34. The third-order valence-electron chi connectivity index (χ3n) is 3.19. The van der Waals surface area contributed by atoms with Crippen LogP contribution in [0, 0.1) is 6.92 Å². The maximum Gasteiger partial charge on any atom is 0.133 e. The smallest absolute Gasteiger partial charge is 0.133 e. The van der Waals surface area contributed by atoms with E-state index < -0.39 is 0 Å². The Bertz CT molecular complexity index is 646. The summed E-state index contributed by atoms with van der Waals surface area (Å²) in [5.41, 5.74) is 8.86. The lowest BCUT2D eigenvalue weighted by Gasteiger charge is -2.12. The van der Waals surface area contributed by atoms with Crippen LogP contribution in [0.25, 0.3) is 0 Å². The topological polar surface area (TPSA) is 44.5 Å². The Labute approximate surface area is 138 Å². The normalized spacial score (nSPS) is 10.5. The van der Waals surface area contributed by atoms with Gasteiger partial charge in [0.15, 0.2) is 0 Å². The molecule has 0 spiro atoms. The van der Waals surface area contributed by atoms with E-state index >= 15 is 0 Å². The van der Waals surface area contributed by atoms with Gasteiger partial charge in [-0.25, -0.2) is 0 Å². The van der Waals surface area contributed by atoms with E-state index in [4.69, 9.17) is 15.2 Å². The second kappa shape index (κ2) is 7.09. The Morgan fingerprint density at radius 1 is 1.10 bits per heavy atom. The highest BCUT2D eigenvalue weighted by molar-refractivity contribution is 9.10. The first kappa shape index (κ1) is 16.0. The summed E-state index contributed by atoms with van der Waals surface area (Å²) in [6.45, 7) is 2.02. The molecule has 0 aliphatic carbocycles. The lowest BCUT2D eigenvalue weighted by molar-refractivity contribution is 0.398. The zero-order valence-corrected chi connectivity index (χ0v) is 14.7. The molecule has 0 heterocycles. The first-order chi connectivity index (χ1) is 10.0. The summed E-state index contributed by atoms with van der Waals surface area (Å²) in [6, 6.07) is 10.0. The van der Waals surface area contributed by atoms with E-state index in [0.29, 0.717) is 0 Å². The summed E-state index contributed by atoms with van der Waals surface area (Å²) in [4.78, 5) is 1.19. The van der Waals surface area contributed by atoms with Crippen LogP contribution in [0.1, 0.15) is 11.1 Å². The van der Waals surface area contributed by atoms with Crippen LogP contribution in [0.15, 0.2) is 39.7 Å².